The molecule has 2 aliphatic heterocycles. The Labute approximate surface area is 170 Å². The second-order valence-electron chi connectivity index (χ2n) is 10.4. The first kappa shape index (κ1) is 18.9. The molecule has 2 aromatic rings. The minimum atomic E-state index is -0.898. The fourth-order valence-electron chi connectivity index (χ4n) is 6.66. The molecule has 4 fully saturated rings. The Morgan fingerprint density at radius 1 is 1.34 bits per heavy atom. The van der Waals surface area contributed by atoms with Crippen molar-refractivity contribution in [3.63, 3.8) is 0 Å². The van der Waals surface area contributed by atoms with Crippen molar-refractivity contribution < 1.29 is 13.9 Å². The van der Waals surface area contributed by atoms with E-state index in [1.165, 1.54) is 13.3 Å². The summed E-state index contributed by atoms with van der Waals surface area (Å²) in [5.74, 6) is -0.362. The highest BCUT2D eigenvalue weighted by Gasteiger charge is 2.59. The van der Waals surface area contributed by atoms with Gasteiger partial charge in [0.05, 0.1) is 24.1 Å². The first-order valence-electron chi connectivity index (χ1n) is 10.4. The number of fused-ring (bicyclic) bond motifs is 1. The van der Waals surface area contributed by atoms with Crippen LogP contribution in [0.5, 0.6) is 5.75 Å². The van der Waals surface area contributed by atoms with Gasteiger partial charge in [0.2, 0.25) is 5.91 Å². The topological polar surface area (TPSA) is 84.2 Å². The minimum absolute atomic E-state index is 0.0432. The van der Waals surface area contributed by atoms with Crippen LogP contribution >= 0.6 is 0 Å². The van der Waals surface area contributed by atoms with E-state index in [0.29, 0.717) is 16.6 Å². The number of hydrogen-bond donors (Lipinski definition) is 2. The maximum atomic E-state index is 15.1. The zero-order valence-corrected chi connectivity index (χ0v) is 17.5. The smallest absolute Gasteiger partial charge is 0.233 e. The quantitative estimate of drug-likeness (QED) is 0.828. The zero-order chi connectivity index (χ0) is 20.8. The molecule has 156 valence electrons. The molecular weight excluding hydrogens is 371 g/mol. The SMILES string of the molecule is COc1cnc2[nH]cc(C(C)(C)C(=O)N3C4CC5(C)CC3CC(N)(C4)C5)c2c1F. The minimum Gasteiger partial charge on any atom is -0.492 e. The van der Waals surface area contributed by atoms with Gasteiger partial charge in [-0.1, -0.05) is 6.92 Å². The van der Waals surface area contributed by atoms with Crippen molar-refractivity contribution in [3.8, 4) is 5.75 Å². The van der Waals surface area contributed by atoms with Gasteiger partial charge in [0.25, 0.3) is 0 Å². The summed E-state index contributed by atoms with van der Waals surface area (Å²) in [6.07, 6.45) is 7.84. The van der Waals surface area contributed by atoms with E-state index < -0.39 is 11.2 Å². The summed E-state index contributed by atoms with van der Waals surface area (Å²) >= 11 is 0. The number of aromatic amines is 1. The van der Waals surface area contributed by atoms with Crippen LogP contribution in [-0.2, 0) is 10.2 Å². The Kier molecular flexibility index (Phi) is 3.72. The number of H-pyrrole nitrogens is 1. The normalized spacial score (nSPS) is 33.5. The molecule has 6 nitrogen and oxygen atoms in total. The lowest BCUT2D eigenvalue weighted by atomic mass is 9.53. The molecule has 4 aliphatic rings. The third-order valence-electron chi connectivity index (χ3n) is 7.58. The summed E-state index contributed by atoms with van der Waals surface area (Å²) in [5, 5.41) is 0.329. The van der Waals surface area contributed by atoms with E-state index in [9.17, 15) is 4.79 Å². The third kappa shape index (κ3) is 2.56. The Bertz CT molecular complexity index is 978. The Hall–Kier alpha value is -2.15. The van der Waals surface area contributed by atoms with E-state index in [-0.39, 0.29) is 34.7 Å². The van der Waals surface area contributed by atoms with Gasteiger partial charge in [0.1, 0.15) is 5.65 Å². The number of halogens is 1. The number of rotatable bonds is 3. The number of carbonyl (C=O) groups is 1. The number of nitrogens with zero attached hydrogens (tertiary/aromatic N) is 2. The number of piperidine rings is 2. The fraction of sp³-hybridized carbons (Fsp3) is 0.636. The van der Waals surface area contributed by atoms with Gasteiger partial charge in [-0.05, 0) is 56.9 Å². The molecule has 2 aliphatic carbocycles. The number of aromatic nitrogens is 2. The molecule has 0 radical (unpaired) electrons. The van der Waals surface area contributed by atoms with E-state index in [4.69, 9.17) is 10.5 Å². The van der Waals surface area contributed by atoms with Crippen LogP contribution in [0.1, 0.15) is 58.4 Å². The monoisotopic (exact) mass is 400 g/mol. The molecule has 0 aromatic carbocycles. The number of carbonyl (C=O) groups excluding carboxylic acids is 1. The van der Waals surface area contributed by atoms with Crippen LogP contribution < -0.4 is 10.5 Å². The van der Waals surface area contributed by atoms with Gasteiger partial charge < -0.3 is 20.4 Å². The van der Waals surface area contributed by atoms with E-state index in [0.717, 1.165) is 32.1 Å². The summed E-state index contributed by atoms with van der Waals surface area (Å²) in [4.78, 5) is 23.2. The molecule has 29 heavy (non-hydrogen) atoms. The second-order valence-corrected chi connectivity index (χ2v) is 10.4. The van der Waals surface area contributed by atoms with Gasteiger partial charge in [-0.3, -0.25) is 4.79 Å². The first-order chi connectivity index (χ1) is 13.6. The van der Waals surface area contributed by atoms with Gasteiger partial charge >= 0.3 is 0 Å². The van der Waals surface area contributed by atoms with Crippen molar-refractivity contribution in [1.29, 1.82) is 0 Å². The van der Waals surface area contributed by atoms with Crippen LogP contribution in [0, 0.1) is 11.2 Å². The van der Waals surface area contributed by atoms with Crippen molar-refractivity contribution in [3.05, 3.63) is 23.8 Å². The third-order valence-corrected chi connectivity index (χ3v) is 7.58. The van der Waals surface area contributed by atoms with Crippen molar-refractivity contribution >= 4 is 16.9 Å². The van der Waals surface area contributed by atoms with Crippen LogP contribution in [0.25, 0.3) is 11.0 Å². The average Bonchev–Trinajstić information content (AvgIpc) is 3.05. The maximum absolute atomic E-state index is 15.1. The molecule has 3 N–H and O–H groups in total. The number of ether oxygens (including phenoxy) is 1. The van der Waals surface area contributed by atoms with Gasteiger partial charge in [-0.25, -0.2) is 9.37 Å². The second kappa shape index (κ2) is 5.72. The first-order valence-corrected chi connectivity index (χ1v) is 10.4. The van der Waals surface area contributed by atoms with E-state index >= 15 is 4.39 Å². The van der Waals surface area contributed by atoms with Crippen LogP contribution in [-0.4, -0.2) is 45.5 Å². The molecular formula is C22H29FN4O2. The molecule has 4 bridgehead atoms. The van der Waals surface area contributed by atoms with E-state index in [1.54, 1.807) is 6.20 Å². The van der Waals surface area contributed by atoms with Crippen molar-refractivity contribution in [2.75, 3.05) is 7.11 Å². The standard InChI is InChI=1S/C22H29FN4O2/c1-20(2,14-9-25-18-16(14)17(23)15(29-4)10-26-18)19(28)27-12-5-21(3)6-13(27)8-22(24,7-12)11-21/h9-10,12-13H,5-8,11,24H2,1-4H3,(H,25,26). The predicted octanol–water partition coefficient (Wildman–Crippen LogP) is 3.25. The average molecular weight is 400 g/mol. The highest BCUT2D eigenvalue weighted by atomic mass is 19.1. The summed E-state index contributed by atoms with van der Waals surface area (Å²) in [6, 6.07) is 0.335. The molecule has 2 aromatic heterocycles. The van der Waals surface area contributed by atoms with Crippen molar-refractivity contribution in [2.24, 2.45) is 11.1 Å². The number of hydrogen-bond acceptors (Lipinski definition) is 4. The molecule has 2 unspecified atom stereocenters. The summed E-state index contributed by atoms with van der Waals surface area (Å²) in [6.45, 7) is 6.07. The van der Waals surface area contributed by atoms with Crippen LogP contribution in [0.2, 0.25) is 0 Å². The molecule has 4 heterocycles. The Balaban J connectivity index is 1.55. The Morgan fingerprint density at radius 3 is 2.59 bits per heavy atom. The van der Waals surface area contributed by atoms with Crippen LogP contribution in [0.3, 0.4) is 0 Å². The number of methoxy groups -OCH3 is 1. The summed E-state index contributed by atoms with van der Waals surface area (Å²) in [5.41, 5.74) is 6.91. The van der Waals surface area contributed by atoms with Crippen LogP contribution in [0.15, 0.2) is 12.4 Å². The molecule has 2 saturated heterocycles. The predicted molar refractivity (Wildman–Crippen MR) is 108 cm³/mol. The van der Waals surface area contributed by atoms with E-state index in [1.807, 2.05) is 13.8 Å². The molecule has 7 heteroatoms. The number of nitrogens with one attached hydrogen (secondary N) is 1. The van der Waals surface area contributed by atoms with Gasteiger partial charge in [-0.15, -0.1) is 0 Å². The van der Waals surface area contributed by atoms with Gasteiger partial charge in [0, 0.05) is 23.8 Å². The summed E-state index contributed by atoms with van der Waals surface area (Å²) in [7, 11) is 1.41. The largest absolute Gasteiger partial charge is 0.492 e. The van der Waals surface area contributed by atoms with Crippen molar-refractivity contribution in [1.82, 2.24) is 14.9 Å². The van der Waals surface area contributed by atoms with Gasteiger partial charge in [-0.2, -0.15) is 0 Å². The lowest BCUT2D eigenvalue weighted by Crippen LogP contribution is -2.72. The molecule has 0 spiro atoms. The number of nitrogens with two attached hydrogens (primary N) is 1. The molecule has 2 atom stereocenters. The lowest BCUT2D eigenvalue weighted by molar-refractivity contribution is -0.163. The fourth-order valence-corrected chi connectivity index (χ4v) is 6.66. The molecule has 2 saturated carbocycles. The molecule has 1 amide bonds. The molecule has 6 rings (SSSR count). The maximum Gasteiger partial charge on any atom is 0.233 e. The van der Waals surface area contributed by atoms with Crippen molar-refractivity contribution in [2.45, 2.75) is 75.9 Å². The highest BCUT2D eigenvalue weighted by Crippen LogP contribution is 2.57. The number of pyridine rings is 1. The summed E-state index contributed by atoms with van der Waals surface area (Å²) < 4.78 is 20.2. The van der Waals surface area contributed by atoms with E-state index in [2.05, 4.69) is 21.8 Å². The Morgan fingerprint density at radius 2 is 2.00 bits per heavy atom. The van der Waals surface area contributed by atoms with Crippen LogP contribution in [0.4, 0.5) is 4.39 Å². The van der Waals surface area contributed by atoms with Gasteiger partial charge in [0.15, 0.2) is 11.6 Å². The number of amides is 1. The lowest BCUT2D eigenvalue weighted by Gasteiger charge is -2.65. The zero-order valence-electron chi connectivity index (χ0n) is 17.5. The highest BCUT2D eigenvalue weighted by molar-refractivity contribution is 5.94.